The molecule has 4 nitrogen and oxygen atoms in total. The highest BCUT2D eigenvalue weighted by Crippen LogP contribution is 2.17. The molecule has 1 aliphatic rings. The van der Waals surface area contributed by atoms with Crippen molar-refractivity contribution in [3.05, 3.63) is 23.9 Å². The summed E-state index contributed by atoms with van der Waals surface area (Å²) in [5, 5.41) is 3.38. The highest BCUT2D eigenvalue weighted by atomic mass is 16.5. The Kier molecular flexibility index (Phi) is 4.34. The van der Waals surface area contributed by atoms with Crippen LogP contribution in [0.4, 0.5) is 5.82 Å². The Morgan fingerprint density at radius 3 is 3.12 bits per heavy atom. The summed E-state index contributed by atoms with van der Waals surface area (Å²) >= 11 is 0. The average Bonchev–Trinajstić information content (AvgIpc) is 2.38. The minimum Gasteiger partial charge on any atom is -0.377 e. The fraction of sp³-hybridized carbons (Fsp3) is 0.615. The van der Waals surface area contributed by atoms with Crippen LogP contribution >= 0.6 is 0 Å². The summed E-state index contributed by atoms with van der Waals surface area (Å²) in [4.78, 5) is 6.84. The quantitative estimate of drug-likeness (QED) is 0.851. The molecule has 0 aliphatic carbocycles. The van der Waals surface area contributed by atoms with Crippen molar-refractivity contribution in [2.75, 3.05) is 37.7 Å². The maximum atomic E-state index is 5.55. The third kappa shape index (κ3) is 3.17. The predicted octanol–water partition coefficient (Wildman–Crippen LogP) is 1.20. The van der Waals surface area contributed by atoms with Gasteiger partial charge in [-0.1, -0.05) is 13.0 Å². The van der Waals surface area contributed by atoms with Crippen molar-refractivity contribution in [2.24, 2.45) is 0 Å². The van der Waals surface area contributed by atoms with Crippen molar-refractivity contribution in [2.45, 2.75) is 19.9 Å². The standard InChI is InChI=1S/C13H21N3O/c1-3-14-9-12-10-17-7-6-16(12)13-5-4-11(2)8-15-13/h4-5,8,12,14H,3,6-7,9-10H2,1-2H3. The number of hydrogen-bond donors (Lipinski definition) is 1. The van der Waals surface area contributed by atoms with Crippen molar-refractivity contribution in [1.29, 1.82) is 0 Å². The third-order valence-electron chi connectivity index (χ3n) is 3.05. The second-order valence-corrected chi connectivity index (χ2v) is 4.42. The van der Waals surface area contributed by atoms with E-state index in [1.54, 1.807) is 0 Å². The van der Waals surface area contributed by atoms with Crippen LogP contribution in [-0.4, -0.2) is 43.9 Å². The smallest absolute Gasteiger partial charge is 0.128 e. The van der Waals surface area contributed by atoms with Gasteiger partial charge in [-0.05, 0) is 25.1 Å². The van der Waals surface area contributed by atoms with E-state index >= 15 is 0 Å². The number of ether oxygens (including phenoxy) is 1. The molecule has 0 spiro atoms. The normalized spacial score (nSPS) is 20.6. The van der Waals surface area contributed by atoms with E-state index in [1.165, 1.54) is 5.56 Å². The molecule has 0 aromatic carbocycles. The zero-order valence-corrected chi connectivity index (χ0v) is 10.6. The number of pyridine rings is 1. The number of likely N-dealkylation sites (N-methyl/N-ethyl adjacent to an activating group) is 1. The maximum Gasteiger partial charge on any atom is 0.128 e. The number of nitrogens with one attached hydrogen (secondary N) is 1. The zero-order chi connectivity index (χ0) is 12.1. The van der Waals surface area contributed by atoms with Gasteiger partial charge < -0.3 is 15.0 Å². The molecule has 1 unspecified atom stereocenters. The Hall–Kier alpha value is -1.13. The van der Waals surface area contributed by atoms with E-state index in [4.69, 9.17) is 4.74 Å². The summed E-state index contributed by atoms with van der Waals surface area (Å²) < 4.78 is 5.55. The van der Waals surface area contributed by atoms with Gasteiger partial charge in [-0.2, -0.15) is 0 Å². The van der Waals surface area contributed by atoms with Gasteiger partial charge in [-0.3, -0.25) is 0 Å². The van der Waals surface area contributed by atoms with Crippen LogP contribution < -0.4 is 10.2 Å². The summed E-state index contributed by atoms with van der Waals surface area (Å²) in [5.74, 6) is 1.06. The van der Waals surface area contributed by atoms with Gasteiger partial charge in [0.1, 0.15) is 5.82 Å². The van der Waals surface area contributed by atoms with Crippen molar-refractivity contribution < 1.29 is 4.74 Å². The first kappa shape index (κ1) is 12.3. The molecule has 94 valence electrons. The first-order chi connectivity index (χ1) is 8.31. The third-order valence-corrected chi connectivity index (χ3v) is 3.05. The van der Waals surface area contributed by atoms with E-state index in [0.717, 1.165) is 38.7 Å². The summed E-state index contributed by atoms with van der Waals surface area (Å²) in [5.41, 5.74) is 1.20. The minimum atomic E-state index is 0.388. The van der Waals surface area contributed by atoms with Gasteiger partial charge in [-0.25, -0.2) is 4.98 Å². The van der Waals surface area contributed by atoms with Crippen LogP contribution in [0, 0.1) is 6.92 Å². The van der Waals surface area contributed by atoms with Crippen LogP contribution in [0.1, 0.15) is 12.5 Å². The molecule has 0 radical (unpaired) electrons. The predicted molar refractivity (Wildman–Crippen MR) is 69.5 cm³/mol. The lowest BCUT2D eigenvalue weighted by molar-refractivity contribution is 0.0935. The maximum absolute atomic E-state index is 5.55. The van der Waals surface area contributed by atoms with Crippen molar-refractivity contribution in [3.63, 3.8) is 0 Å². The van der Waals surface area contributed by atoms with Crippen molar-refractivity contribution in [1.82, 2.24) is 10.3 Å². The molecule has 1 aromatic rings. The molecule has 2 rings (SSSR count). The lowest BCUT2D eigenvalue weighted by Gasteiger charge is -2.36. The molecule has 1 atom stereocenters. The number of aromatic nitrogens is 1. The number of nitrogens with zero attached hydrogens (tertiary/aromatic N) is 2. The van der Waals surface area contributed by atoms with Crippen LogP contribution in [0.5, 0.6) is 0 Å². The Bertz CT molecular complexity index is 339. The molecular formula is C13H21N3O. The number of hydrogen-bond acceptors (Lipinski definition) is 4. The van der Waals surface area contributed by atoms with Gasteiger partial charge >= 0.3 is 0 Å². The van der Waals surface area contributed by atoms with Crippen molar-refractivity contribution in [3.8, 4) is 0 Å². The first-order valence-electron chi connectivity index (χ1n) is 6.29. The van der Waals surface area contributed by atoms with Gasteiger partial charge in [0.15, 0.2) is 0 Å². The molecule has 2 heterocycles. The second kappa shape index (κ2) is 5.98. The fourth-order valence-corrected chi connectivity index (χ4v) is 2.07. The SMILES string of the molecule is CCNCC1COCCN1c1ccc(C)cn1. The summed E-state index contributed by atoms with van der Waals surface area (Å²) in [6.45, 7) is 8.62. The molecular weight excluding hydrogens is 214 g/mol. The Labute approximate surface area is 103 Å². The molecule has 1 N–H and O–H groups in total. The topological polar surface area (TPSA) is 37.4 Å². The van der Waals surface area contributed by atoms with E-state index in [1.807, 2.05) is 6.20 Å². The lowest BCUT2D eigenvalue weighted by atomic mass is 10.2. The molecule has 1 fully saturated rings. The number of anilines is 1. The molecule has 1 aromatic heterocycles. The lowest BCUT2D eigenvalue weighted by Crippen LogP contribution is -2.50. The fourth-order valence-electron chi connectivity index (χ4n) is 2.07. The van der Waals surface area contributed by atoms with Crippen LogP contribution in [-0.2, 0) is 4.74 Å². The van der Waals surface area contributed by atoms with Crippen LogP contribution in [0.25, 0.3) is 0 Å². The van der Waals surface area contributed by atoms with Gasteiger partial charge in [0, 0.05) is 19.3 Å². The highest BCUT2D eigenvalue weighted by Gasteiger charge is 2.23. The van der Waals surface area contributed by atoms with E-state index in [-0.39, 0.29) is 0 Å². The Balaban J connectivity index is 2.07. The van der Waals surface area contributed by atoms with Gasteiger partial charge in [-0.15, -0.1) is 0 Å². The van der Waals surface area contributed by atoms with E-state index in [9.17, 15) is 0 Å². The highest BCUT2D eigenvalue weighted by molar-refractivity contribution is 5.41. The Morgan fingerprint density at radius 1 is 1.53 bits per heavy atom. The van der Waals surface area contributed by atoms with Crippen LogP contribution in [0.3, 0.4) is 0 Å². The summed E-state index contributed by atoms with van der Waals surface area (Å²) in [6, 6.07) is 4.60. The number of aryl methyl sites for hydroxylation is 1. The zero-order valence-electron chi connectivity index (χ0n) is 10.6. The Morgan fingerprint density at radius 2 is 2.41 bits per heavy atom. The molecule has 1 aliphatic heterocycles. The number of morpholine rings is 1. The van der Waals surface area contributed by atoms with Crippen LogP contribution in [0.15, 0.2) is 18.3 Å². The van der Waals surface area contributed by atoms with Crippen LogP contribution in [0.2, 0.25) is 0 Å². The van der Waals surface area contributed by atoms with E-state index < -0.39 is 0 Å². The molecule has 1 saturated heterocycles. The van der Waals surface area contributed by atoms with E-state index in [2.05, 4.69) is 41.2 Å². The molecule has 0 saturated carbocycles. The average molecular weight is 235 g/mol. The monoisotopic (exact) mass is 235 g/mol. The van der Waals surface area contributed by atoms with E-state index in [0.29, 0.717) is 6.04 Å². The van der Waals surface area contributed by atoms with Gasteiger partial charge in [0.05, 0.1) is 19.3 Å². The molecule has 17 heavy (non-hydrogen) atoms. The van der Waals surface area contributed by atoms with Crippen molar-refractivity contribution >= 4 is 5.82 Å². The van der Waals surface area contributed by atoms with Gasteiger partial charge in [0.2, 0.25) is 0 Å². The minimum absolute atomic E-state index is 0.388. The first-order valence-corrected chi connectivity index (χ1v) is 6.29. The number of rotatable bonds is 4. The summed E-state index contributed by atoms with van der Waals surface area (Å²) in [7, 11) is 0. The largest absolute Gasteiger partial charge is 0.377 e. The molecule has 0 bridgehead atoms. The summed E-state index contributed by atoms with van der Waals surface area (Å²) in [6.07, 6.45) is 1.93. The molecule has 0 amide bonds. The second-order valence-electron chi connectivity index (χ2n) is 4.42. The van der Waals surface area contributed by atoms with Gasteiger partial charge in [0.25, 0.3) is 0 Å². The molecule has 4 heteroatoms.